The predicted molar refractivity (Wildman–Crippen MR) is 111 cm³/mol. The third-order valence-electron chi connectivity index (χ3n) is 9.35. The Labute approximate surface area is 171 Å². The summed E-state index contributed by atoms with van der Waals surface area (Å²) in [5, 5.41) is 0. The maximum atomic E-state index is 12.7. The summed E-state index contributed by atoms with van der Waals surface area (Å²) in [6.45, 7) is 3.73. The maximum Gasteiger partial charge on any atom is 0.410 e. The zero-order valence-electron chi connectivity index (χ0n) is 17.9. The molecular formula is C24H40N2O2. The van der Waals surface area contributed by atoms with E-state index < -0.39 is 0 Å². The number of carbonyl (C=O) groups excluding carboxylic acids is 1. The minimum Gasteiger partial charge on any atom is -0.446 e. The quantitative estimate of drug-likeness (QED) is 0.648. The van der Waals surface area contributed by atoms with Crippen LogP contribution in [0.4, 0.5) is 4.79 Å². The molecule has 5 fully saturated rings. The minimum atomic E-state index is -0.0427. The van der Waals surface area contributed by atoms with Crippen LogP contribution in [0.3, 0.4) is 0 Å². The van der Waals surface area contributed by atoms with E-state index in [1.54, 1.807) is 0 Å². The molecule has 0 aromatic carbocycles. The van der Waals surface area contributed by atoms with Gasteiger partial charge in [0.1, 0.15) is 6.10 Å². The Kier molecular flexibility index (Phi) is 5.60. The second-order valence-electron chi connectivity index (χ2n) is 10.7. The molecule has 28 heavy (non-hydrogen) atoms. The van der Waals surface area contributed by atoms with Gasteiger partial charge in [0.2, 0.25) is 0 Å². The molecule has 0 aromatic heterocycles. The molecule has 4 saturated carbocycles. The van der Waals surface area contributed by atoms with Crippen molar-refractivity contribution in [2.24, 2.45) is 35.5 Å². The fraction of sp³-hybridized carbons (Fsp3) is 0.958. The summed E-state index contributed by atoms with van der Waals surface area (Å²) in [6.07, 6.45) is 15.2. The highest BCUT2D eigenvalue weighted by Gasteiger charge is 2.49. The lowest BCUT2D eigenvalue weighted by Gasteiger charge is -2.52. The smallest absolute Gasteiger partial charge is 0.410 e. The highest BCUT2D eigenvalue weighted by Crippen LogP contribution is 2.58. The van der Waals surface area contributed by atoms with Gasteiger partial charge in [0.25, 0.3) is 0 Å². The molecule has 7 atom stereocenters. The molecule has 0 radical (unpaired) electrons. The molecule has 4 aliphatic carbocycles. The first-order chi connectivity index (χ1) is 13.7. The minimum absolute atomic E-state index is 0.0427. The van der Waals surface area contributed by atoms with Crippen LogP contribution in [0.15, 0.2) is 0 Å². The van der Waals surface area contributed by atoms with Crippen LogP contribution in [0.5, 0.6) is 0 Å². The average molecular weight is 389 g/mol. The summed E-state index contributed by atoms with van der Waals surface area (Å²) in [7, 11) is 2.14. The third kappa shape index (κ3) is 3.70. The Morgan fingerprint density at radius 1 is 0.714 bits per heavy atom. The zero-order chi connectivity index (χ0) is 19.1. The lowest BCUT2D eigenvalue weighted by atomic mass is 9.53. The molecule has 0 N–H and O–H groups in total. The van der Waals surface area contributed by atoms with Crippen molar-refractivity contribution in [3.05, 3.63) is 0 Å². The second-order valence-corrected chi connectivity index (χ2v) is 10.7. The maximum absolute atomic E-state index is 12.7. The molecule has 5 rings (SSSR count). The Bertz CT molecular complexity index is 567. The highest BCUT2D eigenvalue weighted by atomic mass is 16.6. The molecule has 0 aromatic rings. The van der Waals surface area contributed by atoms with E-state index in [2.05, 4.69) is 11.9 Å². The molecule has 1 aliphatic heterocycles. The summed E-state index contributed by atoms with van der Waals surface area (Å²) < 4.78 is 6.04. The molecule has 1 heterocycles. The normalized spacial score (nSPS) is 44.2. The van der Waals surface area contributed by atoms with Crippen LogP contribution in [-0.2, 0) is 4.74 Å². The molecule has 158 valence electrons. The summed E-state index contributed by atoms with van der Waals surface area (Å²) in [4.78, 5) is 17.0. The van der Waals surface area contributed by atoms with Crippen LogP contribution in [-0.4, -0.2) is 55.2 Å². The van der Waals surface area contributed by atoms with Crippen LogP contribution in [0.1, 0.15) is 70.6 Å². The fourth-order valence-corrected chi connectivity index (χ4v) is 7.99. The Morgan fingerprint density at radius 3 is 2.32 bits per heavy atom. The van der Waals surface area contributed by atoms with Gasteiger partial charge in [-0.2, -0.15) is 0 Å². The second kappa shape index (κ2) is 8.16. The third-order valence-corrected chi connectivity index (χ3v) is 9.35. The molecule has 0 bridgehead atoms. The number of likely N-dealkylation sites (N-methyl/N-ethyl adjacent to an activating group) is 1. The van der Waals surface area contributed by atoms with Gasteiger partial charge in [-0.05, 0) is 107 Å². The van der Waals surface area contributed by atoms with Crippen molar-refractivity contribution >= 4 is 6.09 Å². The van der Waals surface area contributed by atoms with Crippen molar-refractivity contribution in [3.8, 4) is 0 Å². The first-order valence-electron chi connectivity index (χ1n) is 12.3. The molecule has 1 saturated heterocycles. The van der Waals surface area contributed by atoms with E-state index in [9.17, 15) is 4.79 Å². The standard InChI is InChI=1S/C24H40N2O2/c1-25-12-3-13-26(15-14-25)24(27)28-19-8-11-21-18(16-19)7-10-22-20-5-2-4-17(20)6-9-23(21)22/h17-23H,2-16H2,1H3. The number of fused-ring (bicyclic) bond motifs is 5. The summed E-state index contributed by atoms with van der Waals surface area (Å²) in [5.41, 5.74) is 0. The van der Waals surface area contributed by atoms with Crippen LogP contribution in [0.25, 0.3) is 0 Å². The molecular weight excluding hydrogens is 348 g/mol. The Morgan fingerprint density at radius 2 is 1.46 bits per heavy atom. The first-order valence-corrected chi connectivity index (χ1v) is 12.3. The van der Waals surface area contributed by atoms with E-state index in [4.69, 9.17) is 4.74 Å². The number of carbonyl (C=O) groups is 1. The summed E-state index contributed by atoms with van der Waals surface area (Å²) >= 11 is 0. The van der Waals surface area contributed by atoms with Gasteiger partial charge in [0.05, 0.1) is 0 Å². The van der Waals surface area contributed by atoms with Crippen molar-refractivity contribution in [3.63, 3.8) is 0 Å². The largest absolute Gasteiger partial charge is 0.446 e. The van der Waals surface area contributed by atoms with Crippen molar-refractivity contribution in [2.75, 3.05) is 33.2 Å². The Hall–Kier alpha value is -0.770. The molecule has 5 aliphatic rings. The lowest BCUT2D eigenvalue weighted by molar-refractivity contribution is -0.0526. The van der Waals surface area contributed by atoms with Gasteiger partial charge >= 0.3 is 6.09 Å². The van der Waals surface area contributed by atoms with Crippen LogP contribution in [0.2, 0.25) is 0 Å². The number of hydrogen-bond acceptors (Lipinski definition) is 3. The Balaban J connectivity index is 1.16. The number of ether oxygens (including phenoxy) is 1. The lowest BCUT2D eigenvalue weighted by Crippen LogP contribution is -2.46. The van der Waals surface area contributed by atoms with E-state index in [1.165, 1.54) is 51.4 Å². The van der Waals surface area contributed by atoms with E-state index in [0.29, 0.717) is 0 Å². The van der Waals surface area contributed by atoms with E-state index >= 15 is 0 Å². The van der Waals surface area contributed by atoms with Crippen molar-refractivity contribution in [1.29, 1.82) is 0 Å². The van der Waals surface area contributed by atoms with Crippen molar-refractivity contribution in [1.82, 2.24) is 9.80 Å². The van der Waals surface area contributed by atoms with E-state index in [1.807, 2.05) is 4.90 Å². The van der Waals surface area contributed by atoms with Gasteiger partial charge in [-0.15, -0.1) is 0 Å². The topological polar surface area (TPSA) is 32.8 Å². The molecule has 1 amide bonds. The molecule has 4 heteroatoms. The zero-order valence-corrected chi connectivity index (χ0v) is 17.9. The fourth-order valence-electron chi connectivity index (χ4n) is 7.99. The van der Waals surface area contributed by atoms with Gasteiger partial charge in [-0.1, -0.05) is 12.8 Å². The van der Waals surface area contributed by atoms with Gasteiger partial charge in [0, 0.05) is 19.6 Å². The molecule has 0 spiro atoms. The number of nitrogens with zero attached hydrogens (tertiary/aromatic N) is 2. The van der Waals surface area contributed by atoms with Crippen LogP contribution >= 0.6 is 0 Å². The van der Waals surface area contributed by atoms with Gasteiger partial charge in [-0.25, -0.2) is 4.79 Å². The molecule has 4 nitrogen and oxygen atoms in total. The van der Waals surface area contributed by atoms with E-state index in [0.717, 1.165) is 80.9 Å². The van der Waals surface area contributed by atoms with E-state index in [-0.39, 0.29) is 12.2 Å². The average Bonchev–Trinajstić information content (AvgIpc) is 3.08. The SMILES string of the molecule is CN1CCCN(C(=O)OC2CCC3C(CCC4C5CCCC5CCC34)C2)CC1. The summed E-state index contributed by atoms with van der Waals surface area (Å²) in [5.74, 6) is 5.92. The van der Waals surface area contributed by atoms with Gasteiger partial charge in [0.15, 0.2) is 0 Å². The van der Waals surface area contributed by atoms with Crippen molar-refractivity contribution in [2.45, 2.75) is 76.7 Å². The van der Waals surface area contributed by atoms with Gasteiger partial charge in [-0.3, -0.25) is 0 Å². The number of hydrogen-bond donors (Lipinski definition) is 0. The predicted octanol–water partition coefficient (Wildman–Crippen LogP) is 4.78. The number of rotatable bonds is 1. The molecule has 7 unspecified atom stereocenters. The van der Waals surface area contributed by atoms with Crippen molar-refractivity contribution < 1.29 is 9.53 Å². The monoisotopic (exact) mass is 388 g/mol. The number of amides is 1. The van der Waals surface area contributed by atoms with Crippen LogP contribution in [0, 0.1) is 35.5 Å². The summed E-state index contributed by atoms with van der Waals surface area (Å²) in [6, 6.07) is 0. The first kappa shape index (κ1) is 19.2. The van der Waals surface area contributed by atoms with Gasteiger partial charge < -0.3 is 14.5 Å². The van der Waals surface area contributed by atoms with Crippen LogP contribution < -0.4 is 0 Å². The highest BCUT2D eigenvalue weighted by molar-refractivity contribution is 5.67.